The maximum absolute atomic E-state index is 11.9. The monoisotopic (exact) mass is 253 g/mol. The normalized spacial score (nSPS) is 30.8. The Morgan fingerprint density at radius 2 is 2.00 bits per heavy atom. The molecule has 4 heteroatoms. The van der Waals surface area contributed by atoms with Crippen molar-refractivity contribution in [1.29, 1.82) is 0 Å². The lowest BCUT2D eigenvalue weighted by atomic mass is 10.0. The molecule has 104 valence electrons. The van der Waals surface area contributed by atoms with Gasteiger partial charge in [-0.15, -0.1) is 0 Å². The van der Waals surface area contributed by atoms with Gasteiger partial charge in [-0.25, -0.2) is 0 Å². The van der Waals surface area contributed by atoms with Gasteiger partial charge in [-0.05, 0) is 45.6 Å². The number of rotatable bonds is 4. The molecule has 0 bridgehead atoms. The van der Waals surface area contributed by atoms with Crippen molar-refractivity contribution in [2.75, 3.05) is 26.2 Å². The molecule has 0 aromatic carbocycles. The quantitative estimate of drug-likeness (QED) is 0.819. The van der Waals surface area contributed by atoms with Crippen LogP contribution >= 0.6 is 0 Å². The minimum Gasteiger partial charge on any atom is -0.341 e. The van der Waals surface area contributed by atoms with Crippen molar-refractivity contribution in [2.24, 2.45) is 5.73 Å². The van der Waals surface area contributed by atoms with Gasteiger partial charge in [-0.3, -0.25) is 4.79 Å². The van der Waals surface area contributed by atoms with Gasteiger partial charge in [-0.1, -0.05) is 6.42 Å². The second-order valence-corrected chi connectivity index (χ2v) is 5.81. The van der Waals surface area contributed by atoms with Gasteiger partial charge in [0.05, 0.1) is 6.04 Å². The van der Waals surface area contributed by atoms with Gasteiger partial charge in [0.2, 0.25) is 5.91 Å². The van der Waals surface area contributed by atoms with Gasteiger partial charge < -0.3 is 15.5 Å². The largest absolute Gasteiger partial charge is 0.341 e. The second kappa shape index (κ2) is 6.53. The fourth-order valence-electron chi connectivity index (χ4n) is 3.15. The van der Waals surface area contributed by atoms with Crippen molar-refractivity contribution in [2.45, 2.75) is 57.5 Å². The Hall–Kier alpha value is -0.610. The van der Waals surface area contributed by atoms with Crippen LogP contribution in [0.25, 0.3) is 0 Å². The van der Waals surface area contributed by atoms with Gasteiger partial charge in [0.1, 0.15) is 0 Å². The molecule has 2 heterocycles. The number of piperidine rings is 2. The number of amides is 1. The number of carbonyl (C=O) groups is 1. The summed E-state index contributed by atoms with van der Waals surface area (Å²) in [5.41, 5.74) is 5.80. The SMILES string of the molecule is CC1CCCCN1CCCN1CCCC(N)C1=O. The fraction of sp³-hybridized carbons (Fsp3) is 0.929. The Labute approximate surface area is 110 Å². The van der Waals surface area contributed by atoms with E-state index >= 15 is 0 Å². The van der Waals surface area contributed by atoms with Gasteiger partial charge in [0.25, 0.3) is 0 Å². The Morgan fingerprint density at radius 1 is 1.17 bits per heavy atom. The Kier molecular flexibility index (Phi) is 5.01. The average molecular weight is 253 g/mol. The summed E-state index contributed by atoms with van der Waals surface area (Å²) in [6.45, 7) is 6.47. The highest BCUT2D eigenvalue weighted by molar-refractivity contribution is 5.82. The van der Waals surface area contributed by atoms with Crippen LogP contribution in [-0.4, -0.2) is 54.0 Å². The van der Waals surface area contributed by atoms with Crippen LogP contribution < -0.4 is 5.73 Å². The fourth-order valence-corrected chi connectivity index (χ4v) is 3.15. The van der Waals surface area contributed by atoms with Crippen LogP contribution in [0.2, 0.25) is 0 Å². The first-order valence-corrected chi connectivity index (χ1v) is 7.47. The maximum atomic E-state index is 11.9. The molecule has 2 atom stereocenters. The highest BCUT2D eigenvalue weighted by atomic mass is 16.2. The molecule has 2 saturated heterocycles. The molecule has 4 nitrogen and oxygen atoms in total. The predicted octanol–water partition coefficient (Wildman–Crippen LogP) is 1.20. The highest BCUT2D eigenvalue weighted by Crippen LogP contribution is 2.17. The zero-order valence-corrected chi connectivity index (χ0v) is 11.6. The average Bonchev–Trinajstić information content (AvgIpc) is 2.37. The Balaban J connectivity index is 1.69. The number of nitrogens with two attached hydrogens (primary N) is 1. The third-order valence-electron chi connectivity index (χ3n) is 4.39. The molecule has 2 fully saturated rings. The van der Waals surface area contributed by atoms with Gasteiger partial charge in [0, 0.05) is 25.7 Å². The van der Waals surface area contributed by atoms with E-state index in [2.05, 4.69) is 11.8 Å². The van der Waals surface area contributed by atoms with E-state index in [1.807, 2.05) is 4.90 Å². The first kappa shape index (κ1) is 13.8. The standard InChI is InChI=1S/C14H27N3O/c1-12-6-2-3-8-16(12)10-5-11-17-9-4-7-13(15)14(17)18/h12-13H,2-11,15H2,1H3. The van der Waals surface area contributed by atoms with Crippen molar-refractivity contribution in [3.05, 3.63) is 0 Å². The molecule has 0 saturated carbocycles. The third kappa shape index (κ3) is 3.45. The van der Waals surface area contributed by atoms with Crippen molar-refractivity contribution < 1.29 is 4.79 Å². The molecular weight excluding hydrogens is 226 g/mol. The minimum absolute atomic E-state index is 0.160. The van der Waals surface area contributed by atoms with Crippen molar-refractivity contribution >= 4 is 5.91 Å². The van der Waals surface area contributed by atoms with Crippen LogP contribution in [0.1, 0.15) is 45.4 Å². The van der Waals surface area contributed by atoms with E-state index in [0.717, 1.165) is 44.9 Å². The van der Waals surface area contributed by atoms with Crippen LogP contribution in [0.4, 0.5) is 0 Å². The van der Waals surface area contributed by atoms with Crippen LogP contribution in [0.3, 0.4) is 0 Å². The lowest BCUT2D eigenvalue weighted by Gasteiger charge is -2.35. The zero-order valence-electron chi connectivity index (χ0n) is 11.6. The molecule has 0 spiro atoms. The molecular formula is C14H27N3O. The summed E-state index contributed by atoms with van der Waals surface area (Å²) < 4.78 is 0. The summed E-state index contributed by atoms with van der Waals surface area (Å²) >= 11 is 0. The van der Waals surface area contributed by atoms with E-state index in [0.29, 0.717) is 0 Å². The summed E-state index contributed by atoms with van der Waals surface area (Å²) in [6, 6.07) is 0.478. The molecule has 2 N–H and O–H groups in total. The Bertz CT molecular complexity index is 282. The van der Waals surface area contributed by atoms with Crippen LogP contribution in [0.15, 0.2) is 0 Å². The van der Waals surface area contributed by atoms with E-state index in [4.69, 9.17) is 5.73 Å². The maximum Gasteiger partial charge on any atom is 0.239 e. The number of carbonyl (C=O) groups excluding carboxylic acids is 1. The molecule has 1 amide bonds. The first-order chi connectivity index (χ1) is 8.68. The molecule has 0 radical (unpaired) electrons. The van der Waals surface area contributed by atoms with Crippen molar-refractivity contribution in [3.8, 4) is 0 Å². The molecule has 18 heavy (non-hydrogen) atoms. The van der Waals surface area contributed by atoms with E-state index in [1.165, 1.54) is 25.8 Å². The molecule has 2 rings (SSSR count). The number of likely N-dealkylation sites (tertiary alicyclic amines) is 2. The van der Waals surface area contributed by atoms with Crippen LogP contribution in [0, 0.1) is 0 Å². The summed E-state index contributed by atoms with van der Waals surface area (Å²) in [5.74, 6) is 0.160. The summed E-state index contributed by atoms with van der Waals surface area (Å²) in [6.07, 6.45) is 7.04. The predicted molar refractivity (Wildman–Crippen MR) is 73.3 cm³/mol. The molecule has 2 aliphatic heterocycles. The topological polar surface area (TPSA) is 49.6 Å². The van der Waals surface area contributed by atoms with E-state index in [9.17, 15) is 4.79 Å². The highest BCUT2D eigenvalue weighted by Gasteiger charge is 2.25. The molecule has 0 aromatic rings. The van der Waals surface area contributed by atoms with Gasteiger partial charge in [-0.2, -0.15) is 0 Å². The number of hydrogen-bond donors (Lipinski definition) is 1. The second-order valence-electron chi connectivity index (χ2n) is 5.81. The smallest absolute Gasteiger partial charge is 0.239 e. The van der Waals surface area contributed by atoms with Crippen LogP contribution in [-0.2, 0) is 4.79 Å². The molecule has 0 aromatic heterocycles. The molecule has 0 aliphatic carbocycles. The van der Waals surface area contributed by atoms with Gasteiger partial charge in [0.15, 0.2) is 0 Å². The van der Waals surface area contributed by atoms with Crippen LogP contribution in [0.5, 0.6) is 0 Å². The number of hydrogen-bond acceptors (Lipinski definition) is 3. The van der Waals surface area contributed by atoms with E-state index in [-0.39, 0.29) is 11.9 Å². The summed E-state index contributed by atoms with van der Waals surface area (Å²) in [7, 11) is 0. The van der Waals surface area contributed by atoms with E-state index in [1.54, 1.807) is 0 Å². The third-order valence-corrected chi connectivity index (χ3v) is 4.39. The summed E-state index contributed by atoms with van der Waals surface area (Å²) in [4.78, 5) is 16.4. The lowest BCUT2D eigenvalue weighted by Crippen LogP contribution is -2.49. The molecule has 2 aliphatic rings. The lowest BCUT2D eigenvalue weighted by molar-refractivity contribution is -0.135. The van der Waals surface area contributed by atoms with E-state index < -0.39 is 0 Å². The zero-order chi connectivity index (χ0) is 13.0. The summed E-state index contributed by atoms with van der Waals surface area (Å²) in [5, 5.41) is 0. The minimum atomic E-state index is -0.243. The molecule has 2 unspecified atom stereocenters. The van der Waals surface area contributed by atoms with Crippen molar-refractivity contribution in [3.63, 3.8) is 0 Å². The number of nitrogens with zero attached hydrogens (tertiary/aromatic N) is 2. The Morgan fingerprint density at radius 3 is 2.78 bits per heavy atom. The first-order valence-electron chi connectivity index (χ1n) is 7.47. The van der Waals surface area contributed by atoms with Crippen molar-refractivity contribution in [1.82, 2.24) is 9.80 Å². The van der Waals surface area contributed by atoms with Gasteiger partial charge >= 0.3 is 0 Å².